The van der Waals surface area contributed by atoms with Crippen LogP contribution in [0.3, 0.4) is 0 Å². The van der Waals surface area contributed by atoms with Crippen molar-refractivity contribution < 1.29 is 23.8 Å². The van der Waals surface area contributed by atoms with Crippen LogP contribution in [-0.2, 0) is 7.05 Å². The molecular formula is C26H18ClNO5. The molecule has 1 aromatic heterocycles. The molecule has 0 fully saturated rings. The fourth-order valence-electron chi connectivity index (χ4n) is 3.80. The average molecular weight is 460 g/mol. The molecular weight excluding hydrogens is 442 g/mol. The summed E-state index contributed by atoms with van der Waals surface area (Å²) in [6.07, 6.45) is 3.63. The molecule has 0 unspecified atom stereocenters. The maximum absolute atomic E-state index is 12.9. The zero-order chi connectivity index (χ0) is 23.1. The monoisotopic (exact) mass is 459 g/mol. The first kappa shape index (κ1) is 20.8. The highest BCUT2D eigenvalue weighted by molar-refractivity contribution is 6.33. The lowest BCUT2D eigenvalue weighted by Gasteiger charge is -2.06. The molecule has 164 valence electrons. The fourth-order valence-corrected chi connectivity index (χ4v) is 4.02. The van der Waals surface area contributed by atoms with Crippen molar-refractivity contribution in [2.45, 2.75) is 0 Å². The van der Waals surface area contributed by atoms with Gasteiger partial charge in [-0.3, -0.25) is 4.79 Å². The number of hydrogen-bond donors (Lipinski definition) is 0. The van der Waals surface area contributed by atoms with Crippen molar-refractivity contribution in [2.24, 2.45) is 7.05 Å². The summed E-state index contributed by atoms with van der Waals surface area (Å²) in [7, 11) is 3.54. The summed E-state index contributed by atoms with van der Waals surface area (Å²) < 4.78 is 18.6. The number of fused-ring (bicyclic) bond motifs is 2. The average Bonchev–Trinajstić information content (AvgIpc) is 3.29. The van der Waals surface area contributed by atoms with Gasteiger partial charge < -0.3 is 18.8 Å². The van der Waals surface area contributed by atoms with Gasteiger partial charge in [0.2, 0.25) is 5.78 Å². The molecule has 0 atom stereocenters. The highest BCUT2D eigenvalue weighted by Gasteiger charge is 2.28. The number of hydrogen-bond acceptors (Lipinski definition) is 5. The summed E-state index contributed by atoms with van der Waals surface area (Å²) in [6, 6.07) is 17.1. The van der Waals surface area contributed by atoms with Crippen molar-refractivity contribution in [3.8, 4) is 17.2 Å². The van der Waals surface area contributed by atoms with Gasteiger partial charge in [-0.05, 0) is 48.5 Å². The van der Waals surface area contributed by atoms with Gasteiger partial charge in [0.15, 0.2) is 5.76 Å². The van der Waals surface area contributed by atoms with Crippen molar-refractivity contribution in [1.29, 1.82) is 0 Å². The predicted octanol–water partition coefficient (Wildman–Crippen LogP) is 5.68. The van der Waals surface area contributed by atoms with Gasteiger partial charge in [-0.25, -0.2) is 4.79 Å². The molecule has 0 saturated heterocycles. The standard InChI is InChI=1S/C26H18ClNO5/c1-28-14-15(20-12-16(31-2)8-10-22(20)28)11-24-25(29)19-9-7-17(13-23(19)33-24)32-26(30)18-5-3-4-6-21(18)27/h3-14H,1-2H3/b24-11+. The summed E-state index contributed by atoms with van der Waals surface area (Å²) in [6.45, 7) is 0. The number of allylic oxidation sites excluding steroid dienone is 1. The Morgan fingerprint density at radius 2 is 1.85 bits per heavy atom. The Hall–Kier alpha value is -4.03. The Balaban J connectivity index is 1.44. The van der Waals surface area contributed by atoms with Gasteiger partial charge in [-0.15, -0.1) is 0 Å². The van der Waals surface area contributed by atoms with E-state index in [2.05, 4.69) is 0 Å². The lowest BCUT2D eigenvalue weighted by molar-refractivity contribution is 0.0734. The number of aromatic nitrogens is 1. The van der Waals surface area contributed by atoms with E-state index in [9.17, 15) is 9.59 Å². The molecule has 0 spiro atoms. The van der Waals surface area contributed by atoms with E-state index in [1.54, 1.807) is 49.6 Å². The van der Waals surface area contributed by atoms with Gasteiger partial charge in [-0.2, -0.15) is 0 Å². The molecule has 0 bridgehead atoms. The van der Waals surface area contributed by atoms with E-state index in [1.807, 2.05) is 36.0 Å². The number of Topliss-reactive ketones (excluding diaryl/α,β-unsaturated/α-hetero) is 1. The molecule has 4 aromatic rings. The molecule has 0 saturated carbocycles. The minimum Gasteiger partial charge on any atom is -0.497 e. The first-order valence-corrected chi connectivity index (χ1v) is 10.5. The Morgan fingerprint density at radius 3 is 2.64 bits per heavy atom. The largest absolute Gasteiger partial charge is 0.497 e. The predicted molar refractivity (Wildman–Crippen MR) is 125 cm³/mol. The van der Waals surface area contributed by atoms with Crippen LogP contribution in [0.15, 0.2) is 72.6 Å². The minimum absolute atomic E-state index is 0.190. The van der Waals surface area contributed by atoms with E-state index in [0.29, 0.717) is 16.3 Å². The van der Waals surface area contributed by atoms with Gasteiger partial charge in [0, 0.05) is 35.8 Å². The minimum atomic E-state index is -0.592. The van der Waals surface area contributed by atoms with Crippen molar-refractivity contribution in [2.75, 3.05) is 7.11 Å². The van der Waals surface area contributed by atoms with Crippen molar-refractivity contribution in [1.82, 2.24) is 4.57 Å². The van der Waals surface area contributed by atoms with Crippen LogP contribution in [0.5, 0.6) is 17.2 Å². The molecule has 7 heteroatoms. The number of nitrogens with zero attached hydrogens (tertiary/aromatic N) is 1. The topological polar surface area (TPSA) is 66.8 Å². The third kappa shape index (κ3) is 3.75. The Bertz CT molecular complexity index is 1470. The number of halogens is 1. The van der Waals surface area contributed by atoms with E-state index in [4.69, 9.17) is 25.8 Å². The second-order valence-electron chi connectivity index (χ2n) is 7.55. The molecule has 0 aliphatic carbocycles. The first-order valence-electron chi connectivity index (χ1n) is 10.1. The van der Waals surface area contributed by atoms with Gasteiger partial charge in [0.05, 0.1) is 23.3 Å². The molecule has 2 heterocycles. The molecule has 0 radical (unpaired) electrons. The number of methoxy groups -OCH3 is 1. The van der Waals surface area contributed by atoms with Crippen molar-refractivity contribution in [3.63, 3.8) is 0 Å². The van der Waals surface area contributed by atoms with Gasteiger partial charge in [0.25, 0.3) is 0 Å². The zero-order valence-corrected chi connectivity index (χ0v) is 18.6. The summed E-state index contributed by atoms with van der Waals surface area (Å²) >= 11 is 6.07. The van der Waals surface area contributed by atoms with E-state index < -0.39 is 5.97 Å². The highest BCUT2D eigenvalue weighted by atomic mass is 35.5. The smallest absolute Gasteiger partial charge is 0.345 e. The molecule has 33 heavy (non-hydrogen) atoms. The van der Waals surface area contributed by atoms with Crippen LogP contribution in [-0.4, -0.2) is 23.4 Å². The number of ether oxygens (including phenoxy) is 3. The van der Waals surface area contributed by atoms with Crippen LogP contribution in [0, 0.1) is 0 Å². The molecule has 5 rings (SSSR count). The molecule has 0 N–H and O–H groups in total. The highest BCUT2D eigenvalue weighted by Crippen LogP contribution is 2.36. The normalized spacial score (nSPS) is 13.8. The Kier molecular flexibility index (Phi) is 5.15. The molecule has 1 aliphatic rings. The van der Waals surface area contributed by atoms with Crippen LogP contribution in [0.1, 0.15) is 26.3 Å². The molecule has 3 aromatic carbocycles. The number of rotatable bonds is 4. The van der Waals surface area contributed by atoms with Crippen molar-refractivity contribution in [3.05, 3.63) is 94.3 Å². The van der Waals surface area contributed by atoms with Crippen LogP contribution in [0.25, 0.3) is 17.0 Å². The van der Waals surface area contributed by atoms with Crippen LogP contribution in [0.2, 0.25) is 5.02 Å². The SMILES string of the molecule is COc1ccc2c(c1)c(/C=C1/Oc3cc(OC(=O)c4ccccc4Cl)ccc3C1=O)cn2C. The third-order valence-corrected chi connectivity index (χ3v) is 5.79. The quantitative estimate of drug-likeness (QED) is 0.223. The van der Waals surface area contributed by atoms with E-state index in [0.717, 1.165) is 22.2 Å². The number of benzene rings is 3. The maximum atomic E-state index is 12.9. The van der Waals surface area contributed by atoms with E-state index >= 15 is 0 Å². The van der Waals surface area contributed by atoms with Crippen LogP contribution in [0.4, 0.5) is 0 Å². The number of ketones is 1. The van der Waals surface area contributed by atoms with Crippen molar-refractivity contribution >= 4 is 40.3 Å². The zero-order valence-electron chi connectivity index (χ0n) is 17.8. The molecule has 6 nitrogen and oxygen atoms in total. The fraction of sp³-hybridized carbons (Fsp3) is 0.0769. The van der Waals surface area contributed by atoms with Gasteiger partial charge in [0.1, 0.15) is 17.2 Å². The van der Waals surface area contributed by atoms with Crippen LogP contribution >= 0.6 is 11.6 Å². The van der Waals surface area contributed by atoms with Crippen LogP contribution < -0.4 is 14.2 Å². The van der Waals surface area contributed by atoms with E-state index in [1.165, 1.54) is 6.07 Å². The second kappa shape index (κ2) is 8.15. The van der Waals surface area contributed by atoms with Gasteiger partial charge in [-0.1, -0.05) is 23.7 Å². The maximum Gasteiger partial charge on any atom is 0.345 e. The number of carbonyl (C=O) groups is 2. The lowest BCUT2D eigenvalue weighted by Crippen LogP contribution is -2.09. The number of carbonyl (C=O) groups excluding carboxylic acids is 2. The summed E-state index contributed by atoms with van der Waals surface area (Å²) in [5, 5.41) is 1.23. The first-order chi connectivity index (χ1) is 15.9. The summed E-state index contributed by atoms with van der Waals surface area (Å²) in [5.41, 5.74) is 2.48. The molecule has 1 aliphatic heterocycles. The van der Waals surface area contributed by atoms with Gasteiger partial charge >= 0.3 is 5.97 Å². The number of aryl methyl sites for hydroxylation is 1. The molecule has 0 amide bonds. The lowest BCUT2D eigenvalue weighted by atomic mass is 10.1. The third-order valence-electron chi connectivity index (χ3n) is 5.46. The summed E-state index contributed by atoms with van der Waals surface area (Å²) in [5.74, 6) is 0.658. The van der Waals surface area contributed by atoms with E-state index in [-0.39, 0.29) is 22.9 Å². The Labute approximate surface area is 194 Å². The second-order valence-corrected chi connectivity index (χ2v) is 7.95. The Morgan fingerprint density at radius 1 is 1.06 bits per heavy atom. The summed E-state index contributed by atoms with van der Waals surface area (Å²) in [4.78, 5) is 25.4. The number of esters is 1.